The number of hydrogen-bond donors (Lipinski definition) is 1. The molecule has 0 unspecified atom stereocenters. The van der Waals surface area contributed by atoms with Gasteiger partial charge in [-0.25, -0.2) is 4.99 Å². The molecule has 3 heterocycles. The number of rotatable bonds is 5. The zero-order valence-electron chi connectivity index (χ0n) is 15.2. The Morgan fingerprint density at radius 3 is 3.04 bits per heavy atom. The van der Waals surface area contributed by atoms with Crippen LogP contribution in [0.5, 0.6) is 11.5 Å². The van der Waals surface area contributed by atoms with Crippen molar-refractivity contribution >= 4 is 23.1 Å². The van der Waals surface area contributed by atoms with Gasteiger partial charge in [0, 0.05) is 36.1 Å². The minimum Gasteiger partial charge on any atom is -0.507 e. The minimum absolute atomic E-state index is 0.0531. The number of aliphatic hydroxyl groups is 1. The van der Waals surface area contributed by atoms with Gasteiger partial charge in [-0.2, -0.15) is 5.26 Å². The van der Waals surface area contributed by atoms with E-state index in [-0.39, 0.29) is 12.4 Å². The van der Waals surface area contributed by atoms with Crippen molar-refractivity contribution in [2.75, 3.05) is 26.8 Å². The van der Waals surface area contributed by atoms with Crippen LogP contribution in [0.2, 0.25) is 0 Å². The molecule has 8 heteroatoms. The van der Waals surface area contributed by atoms with E-state index in [1.54, 1.807) is 36.7 Å². The van der Waals surface area contributed by atoms with Crippen LogP contribution in [0.1, 0.15) is 11.1 Å². The van der Waals surface area contributed by atoms with Crippen molar-refractivity contribution in [3.05, 3.63) is 53.9 Å². The molecule has 1 N–H and O–H groups in total. The molecule has 0 bridgehead atoms. The SMILES string of the molecule is COc1c(OCC#N)ccc2c1N=C(C=C(O)c1cccnc1)N1CCN=C21. The molecule has 1 aromatic heterocycles. The average molecular weight is 375 g/mol. The Bertz CT molecular complexity index is 1040. The highest BCUT2D eigenvalue weighted by atomic mass is 16.5. The van der Waals surface area contributed by atoms with Gasteiger partial charge in [-0.15, -0.1) is 0 Å². The van der Waals surface area contributed by atoms with Crippen LogP contribution < -0.4 is 9.47 Å². The van der Waals surface area contributed by atoms with Gasteiger partial charge in [-0.05, 0) is 24.3 Å². The molecule has 2 aliphatic heterocycles. The maximum Gasteiger partial charge on any atom is 0.187 e. The molecule has 2 aliphatic rings. The van der Waals surface area contributed by atoms with Crippen LogP contribution in [0.3, 0.4) is 0 Å². The summed E-state index contributed by atoms with van der Waals surface area (Å²) in [6, 6.07) is 9.06. The molecule has 2 aromatic rings. The summed E-state index contributed by atoms with van der Waals surface area (Å²) in [7, 11) is 1.52. The summed E-state index contributed by atoms with van der Waals surface area (Å²) in [6.07, 6.45) is 4.81. The Morgan fingerprint density at radius 2 is 2.29 bits per heavy atom. The lowest BCUT2D eigenvalue weighted by Gasteiger charge is -2.27. The van der Waals surface area contributed by atoms with Crippen molar-refractivity contribution in [2.45, 2.75) is 0 Å². The van der Waals surface area contributed by atoms with Gasteiger partial charge in [0.15, 0.2) is 18.1 Å². The lowest BCUT2D eigenvalue weighted by atomic mass is 10.1. The van der Waals surface area contributed by atoms with Crippen LogP contribution in [0.15, 0.2) is 52.7 Å². The van der Waals surface area contributed by atoms with E-state index >= 15 is 0 Å². The summed E-state index contributed by atoms with van der Waals surface area (Å²) in [6.45, 7) is 1.20. The highest BCUT2D eigenvalue weighted by molar-refractivity contribution is 6.20. The minimum atomic E-state index is -0.0967. The van der Waals surface area contributed by atoms with Gasteiger partial charge >= 0.3 is 0 Å². The lowest BCUT2D eigenvalue weighted by molar-refractivity contribution is 0.330. The molecule has 0 fully saturated rings. The predicted octanol–water partition coefficient (Wildman–Crippen LogP) is 2.70. The van der Waals surface area contributed by atoms with E-state index in [2.05, 4.69) is 9.98 Å². The van der Waals surface area contributed by atoms with E-state index in [4.69, 9.17) is 19.7 Å². The van der Waals surface area contributed by atoms with Crippen LogP contribution in [0, 0.1) is 11.3 Å². The molecule has 0 spiro atoms. The van der Waals surface area contributed by atoms with Crippen molar-refractivity contribution < 1.29 is 14.6 Å². The maximum atomic E-state index is 10.5. The summed E-state index contributed by atoms with van der Waals surface area (Å²) < 4.78 is 11.0. The van der Waals surface area contributed by atoms with Crippen LogP contribution in [-0.4, -0.2) is 53.5 Å². The molecular formula is C20H17N5O3. The Balaban J connectivity index is 1.83. The lowest BCUT2D eigenvalue weighted by Crippen LogP contribution is -2.36. The number of aliphatic imine (C=N–C) groups is 2. The molecule has 28 heavy (non-hydrogen) atoms. The first-order valence-electron chi connectivity index (χ1n) is 8.65. The molecular weight excluding hydrogens is 358 g/mol. The third kappa shape index (κ3) is 3.03. The monoisotopic (exact) mass is 375 g/mol. The summed E-state index contributed by atoms with van der Waals surface area (Å²) in [4.78, 5) is 15.3. The first kappa shape index (κ1) is 17.5. The van der Waals surface area contributed by atoms with Crippen LogP contribution in [0.4, 0.5) is 5.69 Å². The molecule has 0 amide bonds. The molecule has 0 aliphatic carbocycles. The molecule has 0 saturated carbocycles. The van der Waals surface area contributed by atoms with Crippen molar-refractivity contribution in [2.24, 2.45) is 9.98 Å². The second-order valence-corrected chi connectivity index (χ2v) is 6.04. The summed E-state index contributed by atoms with van der Waals surface area (Å²) >= 11 is 0. The number of aliphatic hydroxyl groups excluding tert-OH is 1. The highest BCUT2D eigenvalue weighted by Gasteiger charge is 2.31. The van der Waals surface area contributed by atoms with Gasteiger partial charge in [-0.3, -0.25) is 9.98 Å². The fourth-order valence-electron chi connectivity index (χ4n) is 3.17. The van der Waals surface area contributed by atoms with Gasteiger partial charge in [0.25, 0.3) is 0 Å². The van der Waals surface area contributed by atoms with E-state index in [1.807, 2.05) is 17.0 Å². The predicted molar refractivity (Wildman–Crippen MR) is 104 cm³/mol. The van der Waals surface area contributed by atoms with Crippen LogP contribution in [0.25, 0.3) is 5.76 Å². The normalized spacial score (nSPS) is 15.1. The zero-order valence-corrected chi connectivity index (χ0v) is 15.2. The van der Waals surface area contributed by atoms with E-state index in [0.717, 1.165) is 11.4 Å². The number of ether oxygens (including phenoxy) is 2. The standard InChI is InChI=1S/C20H17N5O3/c1-27-19-16(28-10-6-21)5-4-14-18(19)24-17(25-9-8-23-20(14)25)11-15(26)13-3-2-7-22-12-13/h2-5,7,11-12,26H,8-10H2,1H3. The van der Waals surface area contributed by atoms with Crippen molar-refractivity contribution in [1.82, 2.24) is 9.88 Å². The second-order valence-electron chi connectivity index (χ2n) is 6.04. The van der Waals surface area contributed by atoms with Crippen LogP contribution in [-0.2, 0) is 0 Å². The summed E-state index contributed by atoms with van der Waals surface area (Å²) in [5.74, 6) is 2.21. The van der Waals surface area contributed by atoms with Crippen LogP contribution >= 0.6 is 0 Å². The number of fused-ring (bicyclic) bond motifs is 3. The first-order chi connectivity index (χ1) is 13.7. The number of aromatic nitrogens is 1. The van der Waals surface area contributed by atoms with E-state index in [0.29, 0.717) is 41.7 Å². The number of benzene rings is 1. The van der Waals surface area contributed by atoms with E-state index in [9.17, 15) is 5.11 Å². The van der Waals surface area contributed by atoms with E-state index in [1.165, 1.54) is 7.11 Å². The van der Waals surface area contributed by atoms with Gasteiger partial charge < -0.3 is 19.5 Å². The van der Waals surface area contributed by atoms with Gasteiger partial charge in [0.2, 0.25) is 0 Å². The molecule has 0 atom stereocenters. The van der Waals surface area contributed by atoms with Gasteiger partial charge in [0.1, 0.15) is 29.2 Å². The second kappa shape index (κ2) is 7.40. The molecule has 0 saturated heterocycles. The molecule has 140 valence electrons. The third-order valence-electron chi connectivity index (χ3n) is 4.40. The maximum absolute atomic E-state index is 10.5. The number of amidine groups is 2. The quantitative estimate of drug-likeness (QED) is 0.806. The van der Waals surface area contributed by atoms with Crippen molar-refractivity contribution in [1.29, 1.82) is 5.26 Å². The topological polar surface area (TPSA) is 103 Å². The largest absolute Gasteiger partial charge is 0.507 e. The number of methoxy groups -OCH3 is 1. The fourth-order valence-corrected chi connectivity index (χ4v) is 3.17. The van der Waals surface area contributed by atoms with Crippen molar-refractivity contribution in [3.8, 4) is 17.6 Å². The Labute approximate surface area is 161 Å². The molecule has 8 nitrogen and oxygen atoms in total. The Hall–Kier alpha value is -3.86. The highest BCUT2D eigenvalue weighted by Crippen LogP contribution is 2.43. The summed E-state index contributed by atoms with van der Waals surface area (Å²) in [5, 5.41) is 19.3. The number of nitriles is 1. The number of nitrogens with zero attached hydrogens (tertiary/aromatic N) is 5. The van der Waals surface area contributed by atoms with E-state index < -0.39 is 0 Å². The first-order valence-corrected chi connectivity index (χ1v) is 8.65. The Kier molecular flexibility index (Phi) is 4.64. The molecule has 4 rings (SSSR count). The van der Waals surface area contributed by atoms with Crippen molar-refractivity contribution in [3.63, 3.8) is 0 Å². The third-order valence-corrected chi connectivity index (χ3v) is 4.40. The fraction of sp³-hybridized carbons (Fsp3) is 0.200. The van der Waals surface area contributed by atoms with Gasteiger partial charge in [-0.1, -0.05) is 0 Å². The van der Waals surface area contributed by atoms with Gasteiger partial charge in [0.05, 0.1) is 13.7 Å². The number of hydrogen-bond acceptors (Lipinski definition) is 8. The average Bonchev–Trinajstić information content (AvgIpc) is 3.23. The zero-order chi connectivity index (χ0) is 19.5. The summed E-state index contributed by atoms with van der Waals surface area (Å²) in [5.41, 5.74) is 1.96. The number of pyridine rings is 1. The smallest absolute Gasteiger partial charge is 0.187 e. The molecule has 1 aromatic carbocycles. The Morgan fingerprint density at radius 1 is 1.39 bits per heavy atom. The molecule has 0 radical (unpaired) electrons.